The number of alkyl halides is 12. The van der Waals surface area contributed by atoms with E-state index < -0.39 is 53.0 Å². The second-order valence-electron chi connectivity index (χ2n) is 11.3. The molecule has 2 aliphatic rings. The van der Waals surface area contributed by atoms with Crippen LogP contribution in [-0.2, 0) is 13.0 Å². The van der Waals surface area contributed by atoms with Gasteiger partial charge in [0.1, 0.15) is 0 Å². The molecule has 0 aromatic rings. The molecule has 43 heavy (non-hydrogen) atoms. The molecule has 0 spiro atoms. The van der Waals surface area contributed by atoms with Crippen LogP contribution in [0.4, 0.5) is 52.7 Å². The van der Waals surface area contributed by atoms with E-state index in [1.165, 1.54) is 64.2 Å². The monoisotopic (exact) mass is 694 g/mol. The summed E-state index contributed by atoms with van der Waals surface area (Å²) in [4.78, 5) is 0. The normalized spacial score (nSPS) is 21.5. The zero-order valence-corrected chi connectivity index (χ0v) is 26.9. The SMILES string of the molecule is CC(O)(C(F)(F)F)C(F)(F)F.CC(O)(C(F)(F)F)C(F)(F)F.CO[Si](C)(O[Si](C)(OC)C1CCCCC1)C1CCCCC1. The molecule has 0 saturated heterocycles. The van der Waals surface area contributed by atoms with Crippen molar-refractivity contribution in [3.63, 3.8) is 0 Å². The standard InChI is InChI=1S/C16H34O3Si2.2C4H4F6O/c1-17-20(3,15-11-7-5-8-12-15)19-21(4,18-2)16-13-9-6-10-14-16;2*1-2(11,3(5,6)7)4(8,9)10/h15-16H,5-14H2,1-4H3;2*11H,1H3. The Morgan fingerprint density at radius 2 is 0.698 bits per heavy atom. The van der Waals surface area contributed by atoms with E-state index in [4.69, 9.17) is 23.2 Å². The minimum absolute atomic E-state index is 0.340. The Labute approximate surface area is 245 Å². The molecular formula is C24H42F12O5Si2. The van der Waals surface area contributed by atoms with Crippen molar-refractivity contribution in [2.75, 3.05) is 14.2 Å². The summed E-state index contributed by atoms with van der Waals surface area (Å²) in [5.74, 6) is 0. The van der Waals surface area contributed by atoms with Crippen LogP contribution >= 0.6 is 0 Å². The fourth-order valence-electron chi connectivity index (χ4n) is 4.56. The van der Waals surface area contributed by atoms with Crippen LogP contribution < -0.4 is 0 Å². The van der Waals surface area contributed by atoms with Gasteiger partial charge in [-0.05, 0) is 52.6 Å². The third kappa shape index (κ3) is 11.3. The van der Waals surface area contributed by atoms with Gasteiger partial charge in [0.2, 0.25) is 0 Å². The minimum atomic E-state index is -5.69. The van der Waals surface area contributed by atoms with Crippen molar-refractivity contribution in [2.24, 2.45) is 0 Å². The number of halogens is 12. The molecule has 0 aliphatic heterocycles. The van der Waals surface area contributed by atoms with Crippen LogP contribution in [0, 0.1) is 0 Å². The largest absolute Gasteiger partial charge is 0.425 e. The van der Waals surface area contributed by atoms with Gasteiger partial charge in [-0.15, -0.1) is 0 Å². The van der Waals surface area contributed by atoms with E-state index in [-0.39, 0.29) is 13.8 Å². The number of hydrogen-bond acceptors (Lipinski definition) is 5. The highest BCUT2D eigenvalue weighted by molar-refractivity contribution is 6.81. The topological polar surface area (TPSA) is 68.2 Å². The van der Waals surface area contributed by atoms with Crippen molar-refractivity contribution in [1.29, 1.82) is 0 Å². The molecule has 2 aliphatic carbocycles. The first-order valence-corrected chi connectivity index (χ1v) is 18.3. The highest BCUT2D eigenvalue weighted by Crippen LogP contribution is 2.45. The molecule has 2 unspecified atom stereocenters. The molecule has 260 valence electrons. The molecule has 2 saturated carbocycles. The molecule has 5 nitrogen and oxygen atoms in total. The summed E-state index contributed by atoms with van der Waals surface area (Å²) in [5, 5.41) is 15.9. The van der Waals surface area contributed by atoms with E-state index in [2.05, 4.69) is 13.1 Å². The molecule has 2 rings (SSSR count). The maximum atomic E-state index is 11.4. The Balaban J connectivity index is 0.000000682. The summed E-state index contributed by atoms with van der Waals surface area (Å²) in [6.07, 6.45) is -9.48. The van der Waals surface area contributed by atoms with Gasteiger partial charge in [0.25, 0.3) is 11.2 Å². The van der Waals surface area contributed by atoms with E-state index in [9.17, 15) is 52.7 Å². The zero-order chi connectivity index (χ0) is 34.3. The Morgan fingerprint density at radius 1 is 0.488 bits per heavy atom. The lowest BCUT2D eigenvalue weighted by atomic mass is 10.0. The van der Waals surface area contributed by atoms with Gasteiger partial charge in [-0.1, -0.05) is 38.5 Å². The summed E-state index contributed by atoms with van der Waals surface area (Å²) in [5.41, 5.74) is -7.94. The Hall–Kier alpha value is -0.606. The summed E-state index contributed by atoms with van der Waals surface area (Å²) in [6, 6.07) is 0. The third-order valence-corrected chi connectivity index (χ3v) is 17.1. The predicted octanol–water partition coefficient (Wildman–Crippen LogP) is 8.83. The van der Waals surface area contributed by atoms with Gasteiger partial charge in [0.05, 0.1) is 0 Å². The number of aliphatic hydroxyl groups is 2. The molecule has 2 atom stereocenters. The maximum absolute atomic E-state index is 11.4. The van der Waals surface area contributed by atoms with Crippen LogP contribution in [0.3, 0.4) is 0 Å². The lowest BCUT2D eigenvalue weighted by molar-refractivity contribution is -0.361. The minimum Gasteiger partial charge on any atom is -0.414 e. The van der Waals surface area contributed by atoms with Gasteiger partial charge in [-0.25, -0.2) is 0 Å². The van der Waals surface area contributed by atoms with E-state index >= 15 is 0 Å². The Bertz CT molecular complexity index is 723. The van der Waals surface area contributed by atoms with Gasteiger partial charge < -0.3 is 23.2 Å². The second kappa shape index (κ2) is 15.3. The van der Waals surface area contributed by atoms with Crippen LogP contribution in [0.2, 0.25) is 24.2 Å². The van der Waals surface area contributed by atoms with Gasteiger partial charge in [0, 0.05) is 25.3 Å². The smallest absolute Gasteiger partial charge is 0.414 e. The molecular weight excluding hydrogens is 652 g/mol. The molecule has 2 fully saturated rings. The first-order valence-electron chi connectivity index (χ1n) is 13.6. The van der Waals surface area contributed by atoms with Gasteiger partial charge >= 0.3 is 41.8 Å². The van der Waals surface area contributed by atoms with Crippen molar-refractivity contribution in [2.45, 2.75) is 138 Å². The molecule has 0 bridgehead atoms. The summed E-state index contributed by atoms with van der Waals surface area (Å²) in [6.45, 7) is 3.90. The second-order valence-corrected chi connectivity index (χ2v) is 18.7. The van der Waals surface area contributed by atoms with Crippen molar-refractivity contribution in [1.82, 2.24) is 0 Å². The van der Waals surface area contributed by atoms with E-state index in [0.29, 0.717) is 11.1 Å². The number of hydrogen-bond donors (Lipinski definition) is 2. The van der Waals surface area contributed by atoms with Gasteiger partial charge in [-0.2, -0.15) is 52.7 Å². The van der Waals surface area contributed by atoms with Crippen molar-refractivity contribution in [3.8, 4) is 0 Å². The predicted molar refractivity (Wildman–Crippen MR) is 137 cm³/mol. The van der Waals surface area contributed by atoms with E-state index in [1.807, 2.05) is 14.2 Å². The van der Waals surface area contributed by atoms with Gasteiger partial charge in [0.15, 0.2) is 0 Å². The molecule has 0 aromatic carbocycles. The van der Waals surface area contributed by atoms with Crippen molar-refractivity contribution in [3.05, 3.63) is 0 Å². The van der Waals surface area contributed by atoms with E-state index in [0.717, 1.165) is 0 Å². The van der Waals surface area contributed by atoms with Crippen LogP contribution in [0.25, 0.3) is 0 Å². The average molecular weight is 695 g/mol. The summed E-state index contributed by atoms with van der Waals surface area (Å²) in [7, 11) is -0.518. The fourth-order valence-corrected chi connectivity index (χ4v) is 13.4. The Morgan fingerprint density at radius 3 is 0.837 bits per heavy atom. The van der Waals surface area contributed by atoms with Crippen LogP contribution in [0.15, 0.2) is 0 Å². The van der Waals surface area contributed by atoms with Crippen LogP contribution in [-0.4, -0.2) is 77.5 Å². The summed E-state index contributed by atoms with van der Waals surface area (Å²) >= 11 is 0. The van der Waals surface area contributed by atoms with Gasteiger partial charge in [-0.3, -0.25) is 0 Å². The van der Waals surface area contributed by atoms with Crippen molar-refractivity contribution < 1.29 is 75.9 Å². The quantitative estimate of drug-likeness (QED) is 0.215. The molecule has 0 amide bonds. The van der Waals surface area contributed by atoms with Crippen molar-refractivity contribution >= 4 is 17.1 Å². The van der Waals surface area contributed by atoms with Crippen LogP contribution in [0.5, 0.6) is 0 Å². The number of rotatable bonds is 6. The third-order valence-electron chi connectivity index (χ3n) is 8.12. The molecule has 2 N–H and O–H groups in total. The fraction of sp³-hybridized carbons (Fsp3) is 1.00. The maximum Gasteiger partial charge on any atom is 0.425 e. The molecule has 0 radical (unpaired) electrons. The lowest BCUT2D eigenvalue weighted by Crippen LogP contribution is -2.56. The molecule has 0 heterocycles. The first-order chi connectivity index (χ1) is 19.0. The van der Waals surface area contributed by atoms with Crippen LogP contribution in [0.1, 0.15) is 78.1 Å². The molecule has 0 aromatic heterocycles. The zero-order valence-electron chi connectivity index (χ0n) is 24.9. The Kier molecular flexibility index (Phi) is 15.1. The summed E-state index contributed by atoms with van der Waals surface area (Å²) < 4.78 is 155. The lowest BCUT2D eigenvalue weighted by Gasteiger charge is -2.44. The average Bonchev–Trinajstić information content (AvgIpc) is 2.88. The first kappa shape index (κ1) is 42.4. The highest BCUT2D eigenvalue weighted by atomic mass is 28.5. The highest BCUT2D eigenvalue weighted by Gasteiger charge is 2.68. The van der Waals surface area contributed by atoms with E-state index in [1.54, 1.807) is 0 Å². The molecule has 19 heteroatoms.